The first-order chi connectivity index (χ1) is 15.0. The zero-order valence-corrected chi connectivity index (χ0v) is 20.8. The van der Waals surface area contributed by atoms with Gasteiger partial charge in [-0.3, -0.25) is 9.59 Å². The van der Waals surface area contributed by atoms with Gasteiger partial charge in [0.15, 0.2) is 0 Å². The topological polar surface area (TPSA) is 87.7 Å². The second kappa shape index (κ2) is 13.1. The van der Waals surface area contributed by atoms with Crippen molar-refractivity contribution in [1.29, 1.82) is 0 Å². The van der Waals surface area contributed by atoms with E-state index in [1.54, 1.807) is 25.7 Å². The van der Waals surface area contributed by atoms with Crippen LogP contribution in [0.15, 0.2) is 24.3 Å². The zero-order chi connectivity index (χ0) is 24.3. The number of aryl methyl sites for hydroxylation is 1. The number of carbonyl (C=O) groups is 3. The Labute approximate surface area is 193 Å². The number of amides is 3. The standard InChI is InChI=1S/C25H41N3O4/c1-8-10-15-28(21(29)17-26-24(31)32-25(5,6)7)22(20-14-11-13-18(3)16-20)23(30)27-19(4)12-9-2/h11,13-14,16,19,22H,8-10,12,15,17H2,1-7H3,(H,26,31)(H,27,30). The van der Waals surface area contributed by atoms with E-state index in [-0.39, 0.29) is 24.4 Å². The molecule has 0 aliphatic rings. The number of alkyl carbamates (subject to hydrolysis) is 1. The van der Waals surface area contributed by atoms with Crippen molar-refractivity contribution in [2.45, 2.75) is 91.8 Å². The Balaban J connectivity index is 3.17. The fraction of sp³-hybridized carbons (Fsp3) is 0.640. The molecule has 0 bridgehead atoms. The molecule has 0 aliphatic heterocycles. The first kappa shape index (κ1) is 27.5. The third kappa shape index (κ3) is 9.71. The number of hydrogen-bond donors (Lipinski definition) is 2. The maximum absolute atomic E-state index is 13.4. The van der Waals surface area contributed by atoms with Crippen molar-refractivity contribution in [3.05, 3.63) is 35.4 Å². The van der Waals surface area contributed by atoms with Crippen LogP contribution in [0.5, 0.6) is 0 Å². The zero-order valence-electron chi connectivity index (χ0n) is 20.8. The smallest absolute Gasteiger partial charge is 0.408 e. The molecular formula is C25H41N3O4. The molecule has 0 radical (unpaired) electrons. The van der Waals surface area contributed by atoms with E-state index in [4.69, 9.17) is 4.74 Å². The summed E-state index contributed by atoms with van der Waals surface area (Å²) in [6, 6.07) is 6.89. The van der Waals surface area contributed by atoms with E-state index in [1.807, 2.05) is 45.0 Å². The number of hydrogen-bond acceptors (Lipinski definition) is 4. The summed E-state index contributed by atoms with van der Waals surface area (Å²) in [7, 11) is 0. The summed E-state index contributed by atoms with van der Waals surface area (Å²) in [6.45, 7) is 13.5. The summed E-state index contributed by atoms with van der Waals surface area (Å²) < 4.78 is 5.24. The molecule has 1 aromatic carbocycles. The summed E-state index contributed by atoms with van der Waals surface area (Å²) in [5.41, 5.74) is 1.11. The molecule has 2 unspecified atom stereocenters. The number of nitrogens with one attached hydrogen (secondary N) is 2. The lowest BCUT2D eigenvalue weighted by Crippen LogP contribution is -2.49. The summed E-state index contributed by atoms with van der Waals surface area (Å²) in [4.78, 5) is 40.2. The van der Waals surface area contributed by atoms with Crippen LogP contribution in [0.4, 0.5) is 4.79 Å². The van der Waals surface area contributed by atoms with Crippen molar-refractivity contribution in [2.75, 3.05) is 13.1 Å². The predicted molar refractivity (Wildman–Crippen MR) is 127 cm³/mol. The minimum Gasteiger partial charge on any atom is -0.444 e. The molecule has 0 spiro atoms. The molecular weight excluding hydrogens is 406 g/mol. The summed E-state index contributed by atoms with van der Waals surface area (Å²) in [5, 5.41) is 5.59. The van der Waals surface area contributed by atoms with Crippen LogP contribution in [-0.4, -0.2) is 47.5 Å². The van der Waals surface area contributed by atoms with Gasteiger partial charge in [-0.15, -0.1) is 0 Å². The van der Waals surface area contributed by atoms with Crippen molar-refractivity contribution in [1.82, 2.24) is 15.5 Å². The maximum atomic E-state index is 13.4. The Morgan fingerprint density at radius 2 is 1.81 bits per heavy atom. The van der Waals surface area contributed by atoms with E-state index in [9.17, 15) is 14.4 Å². The van der Waals surface area contributed by atoms with Gasteiger partial charge >= 0.3 is 6.09 Å². The van der Waals surface area contributed by atoms with Crippen LogP contribution < -0.4 is 10.6 Å². The van der Waals surface area contributed by atoms with E-state index >= 15 is 0 Å². The van der Waals surface area contributed by atoms with Crippen molar-refractivity contribution in [3.8, 4) is 0 Å². The van der Waals surface area contributed by atoms with Gasteiger partial charge in [0, 0.05) is 12.6 Å². The fourth-order valence-electron chi connectivity index (χ4n) is 3.43. The molecule has 0 saturated heterocycles. The summed E-state index contributed by atoms with van der Waals surface area (Å²) in [6.07, 6.45) is 2.77. The van der Waals surface area contributed by atoms with Gasteiger partial charge in [-0.05, 0) is 53.0 Å². The van der Waals surface area contributed by atoms with Crippen molar-refractivity contribution >= 4 is 17.9 Å². The van der Waals surface area contributed by atoms with Gasteiger partial charge in [0.2, 0.25) is 11.8 Å². The SMILES string of the molecule is CCCCN(C(=O)CNC(=O)OC(C)(C)C)C(C(=O)NC(C)CCC)c1cccc(C)c1. The number of benzene rings is 1. The lowest BCUT2D eigenvalue weighted by atomic mass is 10.0. The van der Waals surface area contributed by atoms with Gasteiger partial charge in [0.05, 0.1) is 0 Å². The fourth-order valence-corrected chi connectivity index (χ4v) is 3.43. The largest absolute Gasteiger partial charge is 0.444 e. The number of ether oxygens (including phenoxy) is 1. The number of rotatable bonds is 11. The molecule has 0 fully saturated rings. The Morgan fingerprint density at radius 3 is 2.38 bits per heavy atom. The van der Waals surface area contributed by atoms with Crippen LogP contribution in [0.1, 0.15) is 84.4 Å². The highest BCUT2D eigenvalue weighted by molar-refractivity contribution is 5.90. The van der Waals surface area contributed by atoms with Gasteiger partial charge in [-0.2, -0.15) is 0 Å². The van der Waals surface area contributed by atoms with Gasteiger partial charge < -0.3 is 20.3 Å². The van der Waals surface area contributed by atoms with E-state index in [2.05, 4.69) is 17.6 Å². The van der Waals surface area contributed by atoms with Crippen molar-refractivity contribution < 1.29 is 19.1 Å². The van der Waals surface area contributed by atoms with Gasteiger partial charge in [0.25, 0.3) is 0 Å². The maximum Gasteiger partial charge on any atom is 0.408 e. The predicted octanol–water partition coefficient (Wildman–Crippen LogP) is 4.49. The van der Waals surface area contributed by atoms with Crippen molar-refractivity contribution in [2.24, 2.45) is 0 Å². The second-order valence-corrected chi connectivity index (χ2v) is 9.31. The Morgan fingerprint density at radius 1 is 1.12 bits per heavy atom. The third-order valence-corrected chi connectivity index (χ3v) is 4.88. The molecule has 0 heterocycles. The van der Waals surface area contributed by atoms with Crippen LogP contribution in [0.25, 0.3) is 0 Å². The molecule has 2 atom stereocenters. The molecule has 3 amide bonds. The average Bonchev–Trinajstić information content (AvgIpc) is 2.68. The number of nitrogens with zero attached hydrogens (tertiary/aromatic N) is 1. The lowest BCUT2D eigenvalue weighted by Gasteiger charge is -2.32. The molecule has 1 rings (SSSR count). The molecule has 1 aromatic rings. The van der Waals surface area contributed by atoms with E-state index in [1.165, 1.54) is 0 Å². The highest BCUT2D eigenvalue weighted by atomic mass is 16.6. The van der Waals surface area contributed by atoms with Crippen LogP contribution in [0.2, 0.25) is 0 Å². The first-order valence-corrected chi connectivity index (χ1v) is 11.6. The number of unbranched alkanes of at least 4 members (excludes halogenated alkanes) is 1. The quantitative estimate of drug-likeness (QED) is 0.523. The highest BCUT2D eigenvalue weighted by Gasteiger charge is 2.32. The van der Waals surface area contributed by atoms with Crippen LogP contribution >= 0.6 is 0 Å². The minimum absolute atomic E-state index is 0.00262. The molecule has 2 N–H and O–H groups in total. The molecule has 7 heteroatoms. The Bertz CT molecular complexity index is 758. The molecule has 0 aromatic heterocycles. The second-order valence-electron chi connectivity index (χ2n) is 9.31. The first-order valence-electron chi connectivity index (χ1n) is 11.6. The van der Waals surface area contributed by atoms with Gasteiger partial charge in [-0.25, -0.2) is 4.79 Å². The van der Waals surface area contributed by atoms with E-state index in [0.29, 0.717) is 6.54 Å². The molecule has 32 heavy (non-hydrogen) atoms. The molecule has 0 saturated carbocycles. The third-order valence-electron chi connectivity index (χ3n) is 4.88. The average molecular weight is 448 g/mol. The molecule has 0 aliphatic carbocycles. The Kier molecular flexibility index (Phi) is 11.2. The van der Waals surface area contributed by atoms with Crippen molar-refractivity contribution in [3.63, 3.8) is 0 Å². The van der Waals surface area contributed by atoms with E-state index < -0.39 is 17.7 Å². The van der Waals surface area contributed by atoms with Gasteiger partial charge in [0.1, 0.15) is 18.2 Å². The van der Waals surface area contributed by atoms with Crippen LogP contribution in [0, 0.1) is 6.92 Å². The normalized spacial score (nSPS) is 13.1. The molecule has 7 nitrogen and oxygen atoms in total. The monoisotopic (exact) mass is 447 g/mol. The Hall–Kier alpha value is -2.57. The number of carbonyl (C=O) groups excluding carboxylic acids is 3. The van der Waals surface area contributed by atoms with Gasteiger partial charge in [-0.1, -0.05) is 56.5 Å². The molecule has 180 valence electrons. The summed E-state index contributed by atoms with van der Waals surface area (Å²) in [5.74, 6) is -0.535. The lowest BCUT2D eigenvalue weighted by molar-refractivity contribution is -0.140. The summed E-state index contributed by atoms with van der Waals surface area (Å²) >= 11 is 0. The highest BCUT2D eigenvalue weighted by Crippen LogP contribution is 2.24. The van der Waals surface area contributed by atoms with Crippen LogP contribution in [-0.2, 0) is 14.3 Å². The minimum atomic E-state index is -0.770. The van der Waals surface area contributed by atoms with E-state index in [0.717, 1.165) is 36.8 Å². The van der Waals surface area contributed by atoms with Crippen LogP contribution in [0.3, 0.4) is 0 Å².